The minimum atomic E-state index is 0.909. The van der Waals surface area contributed by atoms with Crippen molar-refractivity contribution >= 4 is 23.4 Å². The Hall–Kier alpha value is -0.920. The largest absolute Gasteiger partial charge is 0.0892 e. The summed E-state index contributed by atoms with van der Waals surface area (Å²) in [5.74, 6) is 0. The summed E-state index contributed by atoms with van der Waals surface area (Å²) in [7, 11) is 0. The summed E-state index contributed by atoms with van der Waals surface area (Å²) in [6.07, 6.45) is 3.28. The molecule has 0 nitrogen and oxygen atoms in total. The van der Waals surface area contributed by atoms with Gasteiger partial charge in [-0.25, -0.2) is 0 Å². The molecule has 1 aliphatic rings. The molecular formula is C16H15ClS. The fourth-order valence-electron chi connectivity index (χ4n) is 2.46. The molecule has 1 aliphatic heterocycles. The van der Waals surface area contributed by atoms with Crippen LogP contribution in [0.2, 0.25) is 5.02 Å². The lowest BCUT2D eigenvalue weighted by atomic mass is 10.00. The van der Waals surface area contributed by atoms with Crippen LogP contribution >= 0.6 is 23.4 Å². The zero-order valence-electron chi connectivity index (χ0n) is 10.4. The first-order valence-corrected chi connectivity index (χ1v) is 7.55. The van der Waals surface area contributed by atoms with E-state index >= 15 is 0 Å². The highest BCUT2D eigenvalue weighted by molar-refractivity contribution is 7.99. The molecule has 0 atom stereocenters. The third-order valence-electron chi connectivity index (χ3n) is 3.36. The van der Waals surface area contributed by atoms with E-state index in [4.69, 9.17) is 11.6 Å². The van der Waals surface area contributed by atoms with Crippen LogP contribution in [0.4, 0.5) is 0 Å². The van der Waals surface area contributed by atoms with Gasteiger partial charge in [-0.2, -0.15) is 0 Å². The van der Waals surface area contributed by atoms with Gasteiger partial charge in [-0.1, -0.05) is 61.0 Å². The van der Waals surface area contributed by atoms with E-state index in [1.54, 1.807) is 0 Å². The molecule has 0 aliphatic carbocycles. The smallest absolute Gasteiger partial charge is 0.0452 e. The Morgan fingerprint density at radius 2 is 2.00 bits per heavy atom. The number of hydrogen-bond donors (Lipinski definition) is 0. The zero-order valence-corrected chi connectivity index (χ0v) is 11.9. The fourth-order valence-corrected chi connectivity index (χ4v) is 3.98. The Morgan fingerprint density at radius 3 is 2.83 bits per heavy atom. The predicted molar refractivity (Wildman–Crippen MR) is 78.8 cm³/mol. The molecule has 2 heteroatoms. The first-order chi connectivity index (χ1) is 8.79. The molecule has 0 aromatic heterocycles. The van der Waals surface area contributed by atoms with Gasteiger partial charge in [0.2, 0.25) is 0 Å². The molecule has 18 heavy (non-hydrogen) atoms. The lowest BCUT2D eigenvalue weighted by molar-refractivity contribution is 0.885. The van der Waals surface area contributed by atoms with Gasteiger partial charge in [0.05, 0.1) is 0 Å². The number of fused-ring (bicyclic) bond motifs is 2. The van der Waals surface area contributed by atoms with Gasteiger partial charge >= 0.3 is 0 Å². The summed E-state index contributed by atoms with van der Waals surface area (Å²) in [6.45, 7) is 2.22. The molecule has 0 saturated heterocycles. The maximum atomic E-state index is 6.37. The molecule has 1 heterocycles. The minimum absolute atomic E-state index is 0.909. The molecule has 0 fully saturated rings. The monoisotopic (exact) mass is 274 g/mol. The third-order valence-corrected chi connectivity index (χ3v) is 5.04. The van der Waals surface area contributed by atoms with Gasteiger partial charge in [-0.3, -0.25) is 0 Å². The van der Waals surface area contributed by atoms with Crippen LogP contribution in [0.25, 0.3) is 0 Å². The lowest BCUT2D eigenvalue weighted by Gasteiger charge is -2.22. The fraction of sp³-hybridized carbons (Fsp3) is 0.250. The second-order valence-electron chi connectivity index (χ2n) is 4.65. The van der Waals surface area contributed by atoms with Crippen LogP contribution < -0.4 is 0 Å². The molecule has 0 bridgehead atoms. The van der Waals surface area contributed by atoms with Crippen LogP contribution in [0.3, 0.4) is 0 Å². The maximum Gasteiger partial charge on any atom is 0.0452 e. The molecule has 3 rings (SSSR count). The Bertz CT molecular complexity index is 590. The highest BCUT2D eigenvalue weighted by atomic mass is 35.5. The van der Waals surface area contributed by atoms with E-state index in [1.165, 1.54) is 32.9 Å². The number of aryl methyl sites for hydroxylation is 1. The van der Waals surface area contributed by atoms with Gasteiger partial charge in [-0.05, 0) is 35.2 Å². The van der Waals surface area contributed by atoms with Crippen LogP contribution in [-0.4, -0.2) is 0 Å². The summed E-state index contributed by atoms with van der Waals surface area (Å²) < 4.78 is 0. The maximum absolute atomic E-state index is 6.37. The Balaban J connectivity index is 2.11. The van der Waals surface area contributed by atoms with Crippen LogP contribution in [0.1, 0.15) is 30.0 Å². The van der Waals surface area contributed by atoms with Crippen molar-refractivity contribution in [2.75, 3.05) is 0 Å². The average Bonchev–Trinajstić information content (AvgIpc) is 2.41. The van der Waals surface area contributed by atoms with E-state index < -0.39 is 0 Å². The lowest BCUT2D eigenvalue weighted by Crippen LogP contribution is -2.03. The summed E-state index contributed by atoms with van der Waals surface area (Å²) in [4.78, 5) is 2.77. The first-order valence-electron chi connectivity index (χ1n) is 6.35. The van der Waals surface area contributed by atoms with Crippen molar-refractivity contribution in [1.82, 2.24) is 0 Å². The Morgan fingerprint density at radius 1 is 1.17 bits per heavy atom. The Labute approximate surface area is 117 Å². The van der Waals surface area contributed by atoms with Crippen molar-refractivity contribution in [3.8, 4) is 0 Å². The number of hydrogen-bond acceptors (Lipinski definition) is 1. The SMILES string of the molecule is CCCc1ccc(Cl)c2c1Sc1ccccc1C2. The standard InChI is InChI=1S/C16H15ClS/c1-2-5-11-8-9-14(17)13-10-12-6-3-4-7-15(12)18-16(11)13/h3-4,6-9H,2,5,10H2,1H3. The zero-order chi connectivity index (χ0) is 12.5. The van der Waals surface area contributed by atoms with Crippen molar-refractivity contribution in [3.63, 3.8) is 0 Å². The Kier molecular flexibility index (Phi) is 3.36. The van der Waals surface area contributed by atoms with Crippen LogP contribution in [0.5, 0.6) is 0 Å². The molecule has 0 N–H and O–H groups in total. The van der Waals surface area contributed by atoms with Crippen LogP contribution in [0, 0.1) is 0 Å². The molecule has 0 unspecified atom stereocenters. The number of halogens is 1. The van der Waals surface area contributed by atoms with Gasteiger partial charge in [0, 0.05) is 21.2 Å². The highest BCUT2D eigenvalue weighted by Gasteiger charge is 2.20. The van der Waals surface area contributed by atoms with E-state index in [0.717, 1.165) is 17.9 Å². The quantitative estimate of drug-likeness (QED) is 0.607. The van der Waals surface area contributed by atoms with E-state index in [1.807, 2.05) is 11.8 Å². The van der Waals surface area contributed by atoms with Gasteiger partial charge < -0.3 is 0 Å². The van der Waals surface area contributed by atoms with Crippen molar-refractivity contribution in [3.05, 3.63) is 58.1 Å². The second kappa shape index (κ2) is 4.99. The van der Waals surface area contributed by atoms with Crippen molar-refractivity contribution in [2.24, 2.45) is 0 Å². The number of benzene rings is 2. The molecular weight excluding hydrogens is 260 g/mol. The van der Waals surface area contributed by atoms with Gasteiger partial charge in [0.15, 0.2) is 0 Å². The van der Waals surface area contributed by atoms with Gasteiger partial charge in [0.25, 0.3) is 0 Å². The topological polar surface area (TPSA) is 0 Å². The molecule has 2 aromatic carbocycles. The van der Waals surface area contributed by atoms with Crippen molar-refractivity contribution in [1.29, 1.82) is 0 Å². The van der Waals surface area contributed by atoms with E-state index in [-0.39, 0.29) is 0 Å². The molecule has 0 amide bonds. The van der Waals surface area contributed by atoms with Crippen molar-refractivity contribution < 1.29 is 0 Å². The third kappa shape index (κ3) is 2.06. The van der Waals surface area contributed by atoms with E-state index in [2.05, 4.69) is 43.3 Å². The predicted octanol–water partition coefficient (Wildman–Crippen LogP) is 5.35. The molecule has 0 spiro atoms. The summed E-state index contributed by atoms with van der Waals surface area (Å²) in [5.41, 5.74) is 4.15. The van der Waals surface area contributed by atoms with E-state index in [9.17, 15) is 0 Å². The van der Waals surface area contributed by atoms with Crippen LogP contribution in [-0.2, 0) is 12.8 Å². The highest BCUT2D eigenvalue weighted by Crippen LogP contribution is 2.44. The minimum Gasteiger partial charge on any atom is -0.0892 e. The van der Waals surface area contributed by atoms with Crippen LogP contribution in [0.15, 0.2) is 46.2 Å². The molecule has 0 radical (unpaired) electrons. The average molecular weight is 275 g/mol. The molecule has 92 valence electrons. The van der Waals surface area contributed by atoms with Crippen molar-refractivity contribution in [2.45, 2.75) is 36.0 Å². The first kappa shape index (κ1) is 12.1. The van der Waals surface area contributed by atoms with E-state index in [0.29, 0.717) is 0 Å². The molecule has 2 aromatic rings. The summed E-state index contributed by atoms with van der Waals surface area (Å²) >= 11 is 8.25. The second-order valence-corrected chi connectivity index (χ2v) is 6.11. The summed E-state index contributed by atoms with van der Waals surface area (Å²) in [5, 5.41) is 0.909. The van der Waals surface area contributed by atoms with Gasteiger partial charge in [0.1, 0.15) is 0 Å². The normalized spacial score (nSPS) is 13.0. The molecule has 0 saturated carbocycles. The summed E-state index contributed by atoms with van der Waals surface area (Å²) in [6, 6.07) is 12.9. The number of rotatable bonds is 2. The van der Waals surface area contributed by atoms with Gasteiger partial charge in [-0.15, -0.1) is 0 Å².